The summed E-state index contributed by atoms with van der Waals surface area (Å²) in [4.78, 5) is 16.9. The lowest BCUT2D eigenvalue weighted by atomic mass is 10.1. The molecule has 136 valence electrons. The number of amides is 1. The summed E-state index contributed by atoms with van der Waals surface area (Å²) in [6.07, 6.45) is 0. The van der Waals surface area contributed by atoms with Crippen LogP contribution < -0.4 is 5.32 Å². The Balaban J connectivity index is 1.47. The lowest BCUT2D eigenvalue weighted by molar-refractivity contribution is -0.121. The van der Waals surface area contributed by atoms with Crippen molar-refractivity contribution in [1.82, 2.24) is 15.0 Å². The molecule has 0 aliphatic carbocycles. The van der Waals surface area contributed by atoms with Crippen molar-refractivity contribution in [3.63, 3.8) is 0 Å². The van der Waals surface area contributed by atoms with Crippen LogP contribution in [0.1, 0.15) is 23.8 Å². The molecule has 2 heterocycles. The van der Waals surface area contributed by atoms with Gasteiger partial charge < -0.3 is 9.84 Å². The van der Waals surface area contributed by atoms with Crippen LogP contribution in [-0.2, 0) is 11.3 Å². The second kappa shape index (κ2) is 8.13. The molecule has 1 aliphatic rings. The molecule has 7 nitrogen and oxygen atoms in total. The van der Waals surface area contributed by atoms with Crippen molar-refractivity contribution in [3.8, 4) is 6.07 Å². The van der Waals surface area contributed by atoms with Gasteiger partial charge in [0.1, 0.15) is 5.76 Å². The van der Waals surface area contributed by atoms with Gasteiger partial charge in [0, 0.05) is 38.8 Å². The molecule has 2 aromatic rings. The first-order chi connectivity index (χ1) is 12.5. The maximum Gasteiger partial charge on any atom is 0.242 e. The maximum atomic E-state index is 12.4. The number of aryl methyl sites for hydroxylation is 1. The lowest BCUT2D eigenvalue weighted by Gasteiger charge is -2.37. The zero-order valence-corrected chi connectivity index (χ0v) is 15.1. The predicted octanol–water partition coefficient (Wildman–Crippen LogP) is 2.00. The van der Waals surface area contributed by atoms with Crippen molar-refractivity contribution in [2.24, 2.45) is 0 Å². The molecule has 1 unspecified atom stereocenters. The monoisotopic (exact) mass is 353 g/mol. The highest BCUT2D eigenvalue weighted by Gasteiger charge is 2.26. The van der Waals surface area contributed by atoms with Crippen molar-refractivity contribution in [2.75, 3.05) is 31.5 Å². The summed E-state index contributed by atoms with van der Waals surface area (Å²) in [5, 5.41) is 15.5. The van der Waals surface area contributed by atoms with Gasteiger partial charge in [-0.25, -0.2) is 0 Å². The summed E-state index contributed by atoms with van der Waals surface area (Å²) >= 11 is 0. The van der Waals surface area contributed by atoms with Crippen LogP contribution in [0, 0.1) is 18.3 Å². The third-order valence-electron chi connectivity index (χ3n) is 4.70. The van der Waals surface area contributed by atoms with Crippen LogP contribution in [0.15, 0.2) is 34.9 Å². The quantitative estimate of drug-likeness (QED) is 0.885. The summed E-state index contributed by atoms with van der Waals surface area (Å²) < 4.78 is 4.97. The first-order valence-corrected chi connectivity index (χ1v) is 8.75. The van der Waals surface area contributed by atoms with Crippen LogP contribution in [0.25, 0.3) is 0 Å². The summed E-state index contributed by atoms with van der Waals surface area (Å²) in [5.41, 5.74) is 1.88. The molecule has 1 aromatic heterocycles. The Morgan fingerprint density at radius 2 is 2.00 bits per heavy atom. The van der Waals surface area contributed by atoms with Crippen molar-refractivity contribution >= 4 is 11.7 Å². The molecule has 1 atom stereocenters. The molecule has 1 aliphatic heterocycles. The Bertz CT molecular complexity index is 785. The minimum Gasteiger partial charge on any atom is -0.360 e. The lowest BCUT2D eigenvalue weighted by Crippen LogP contribution is -2.52. The van der Waals surface area contributed by atoms with Crippen molar-refractivity contribution in [3.05, 3.63) is 47.2 Å². The van der Waals surface area contributed by atoms with Crippen LogP contribution in [0.4, 0.5) is 5.82 Å². The van der Waals surface area contributed by atoms with Gasteiger partial charge in [0.05, 0.1) is 17.7 Å². The van der Waals surface area contributed by atoms with E-state index in [9.17, 15) is 4.79 Å². The molecule has 1 saturated heterocycles. The molecule has 0 radical (unpaired) electrons. The normalized spacial score (nSPS) is 16.8. The number of rotatable bonds is 5. The number of hydrogen-bond acceptors (Lipinski definition) is 6. The van der Waals surface area contributed by atoms with Gasteiger partial charge in [-0.3, -0.25) is 14.6 Å². The molecule has 7 heteroatoms. The van der Waals surface area contributed by atoms with Crippen molar-refractivity contribution in [1.29, 1.82) is 5.26 Å². The van der Waals surface area contributed by atoms with Gasteiger partial charge in [-0.05, 0) is 31.5 Å². The summed E-state index contributed by atoms with van der Waals surface area (Å²) in [5.74, 6) is 1.06. The molecule has 0 bridgehead atoms. The Morgan fingerprint density at radius 1 is 1.31 bits per heavy atom. The maximum absolute atomic E-state index is 12.4. The van der Waals surface area contributed by atoms with E-state index in [2.05, 4.69) is 26.3 Å². The fraction of sp³-hybridized carbons (Fsp3) is 0.421. The molecule has 1 N–H and O–H groups in total. The largest absolute Gasteiger partial charge is 0.360 e. The Kier molecular flexibility index (Phi) is 5.66. The molecule has 3 rings (SSSR count). The molecular weight excluding hydrogens is 330 g/mol. The van der Waals surface area contributed by atoms with Crippen LogP contribution in [0.3, 0.4) is 0 Å². The van der Waals surface area contributed by atoms with E-state index in [0.717, 1.165) is 32.7 Å². The number of nitrogens with zero attached hydrogens (tertiary/aromatic N) is 4. The fourth-order valence-corrected chi connectivity index (χ4v) is 3.07. The van der Waals surface area contributed by atoms with Gasteiger partial charge >= 0.3 is 0 Å². The second-order valence-corrected chi connectivity index (χ2v) is 6.61. The number of anilines is 1. The molecule has 1 amide bonds. The van der Waals surface area contributed by atoms with Gasteiger partial charge in [-0.2, -0.15) is 5.26 Å². The number of nitrogens with one attached hydrogen (secondary N) is 1. The number of carbonyl (C=O) groups excluding carboxylic acids is 1. The molecule has 1 aromatic carbocycles. The van der Waals surface area contributed by atoms with E-state index in [0.29, 0.717) is 17.1 Å². The van der Waals surface area contributed by atoms with E-state index < -0.39 is 0 Å². The molecule has 26 heavy (non-hydrogen) atoms. The van der Waals surface area contributed by atoms with Gasteiger partial charge in [0.2, 0.25) is 5.91 Å². The first-order valence-electron chi connectivity index (χ1n) is 8.75. The third-order valence-corrected chi connectivity index (χ3v) is 4.70. The number of piperazine rings is 1. The zero-order valence-electron chi connectivity index (χ0n) is 15.1. The van der Waals surface area contributed by atoms with Gasteiger partial charge in [0.15, 0.2) is 5.82 Å². The minimum absolute atomic E-state index is 0.0705. The molecule has 0 saturated carbocycles. The molecular formula is C19H23N5O2. The smallest absolute Gasteiger partial charge is 0.242 e. The predicted molar refractivity (Wildman–Crippen MR) is 97.3 cm³/mol. The van der Waals surface area contributed by atoms with E-state index in [4.69, 9.17) is 9.78 Å². The van der Waals surface area contributed by atoms with Crippen LogP contribution in [0.2, 0.25) is 0 Å². The second-order valence-electron chi connectivity index (χ2n) is 6.61. The Labute approximate surface area is 153 Å². The summed E-state index contributed by atoms with van der Waals surface area (Å²) in [6, 6.07) is 11.3. The van der Waals surface area contributed by atoms with E-state index in [1.165, 1.54) is 5.56 Å². The molecule has 0 spiro atoms. The highest BCUT2D eigenvalue weighted by Crippen LogP contribution is 2.13. The average Bonchev–Trinajstić information content (AvgIpc) is 3.07. The van der Waals surface area contributed by atoms with Crippen LogP contribution >= 0.6 is 0 Å². The average molecular weight is 353 g/mol. The van der Waals surface area contributed by atoms with Gasteiger partial charge in [-0.1, -0.05) is 17.3 Å². The summed E-state index contributed by atoms with van der Waals surface area (Å²) in [7, 11) is 0. The van der Waals surface area contributed by atoms with Gasteiger partial charge in [0.25, 0.3) is 0 Å². The summed E-state index contributed by atoms with van der Waals surface area (Å²) in [6.45, 7) is 8.04. The minimum atomic E-state index is -0.218. The van der Waals surface area contributed by atoms with E-state index in [-0.39, 0.29) is 11.9 Å². The highest BCUT2D eigenvalue weighted by molar-refractivity contribution is 5.93. The number of aromatic nitrogens is 1. The first kappa shape index (κ1) is 18.1. The highest BCUT2D eigenvalue weighted by atomic mass is 16.5. The van der Waals surface area contributed by atoms with Crippen LogP contribution in [0.5, 0.6) is 0 Å². The Hall–Kier alpha value is -2.69. The SMILES string of the molecule is Cc1cc(NC(=O)C(C)N2CCN(Cc3ccc(C#N)cc3)CC2)no1. The zero-order chi connectivity index (χ0) is 18.5. The molecule has 1 fully saturated rings. The van der Waals surface area contributed by atoms with E-state index in [1.54, 1.807) is 13.0 Å². The fourth-order valence-electron chi connectivity index (χ4n) is 3.07. The standard InChI is InChI=1S/C19H23N5O2/c1-14-11-18(22-26-14)21-19(25)15(2)24-9-7-23(8-10-24)13-17-5-3-16(12-20)4-6-17/h3-6,11,15H,7-10,13H2,1-2H3,(H,21,22,25). The topological polar surface area (TPSA) is 85.4 Å². The van der Waals surface area contributed by atoms with Gasteiger partial charge in [-0.15, -0.1) is 0 Å². The number of hydrogen-bond donors (Lipinski definition) is 1. The van der Waals surface area contributed by atoms with E-state index in [1.807, 2.05) is 31.2 Å². The Morgan fingerprint density at radius 3 is 2.58 bits per heavy atom. The van der Waals surface area contributed by atoms with Crippen LogP contribution in [-0.4, -0.2) is 53.1 Å². The van der Waals surface area contributed by atoms with Crippen molar-refractivity contribution < 1.29 is 9.32 Å². The van der Waals surface area contributed by atoms with E-state index >= 15 is 0 Å². The number of benzene rings is 1. The number of nitriles is 1. The number of carbonyl (C=O) groups is 1. The van der Waals surface area contributed by atoms with Crippen molar-refractivity contribution in [2.45, 2.75) is 26.4 Å². The third kappa shape index (κ3) is 4.48.